The summed E-state index contributed by atoms with van der Waals surface area (Å²) in [6.07, 6.45) is 4.20. The maximum atomic E-state index is 13.8. The standard InChI is InChI=1S/C21H22N4O6S/c1-31-21(26)14-7-9-15(10-8-14)24(32(29,30)16-5-3-2-4-6-16)19-17-11-12-22-20(17)23-13-18(19)25(27)28/h2-6,11-15H,7-10H2,1H3,(H,22,23). The third-order valence-corrected chi connectivity index (χ3v) is 7.69. The Labute approximate surface area is 184 Å². The van der Waals surface area contributed by atoms with Gasteiger partial charge in [-0.15, -0.1) is 0 Å². The van der Waals surface area contributed by atoms with Gasteiger partial charge in [0.05, 0.1) is 28.2 Å². The number of H-pyrrole nitrogens is 1. The van der Waals surface area contributed by atoms with Crippen molar-refractivity contribution in [1.29, 1.82) is 0 Å². The number of anilines is 1. The van der Waals surface area contributed by atoms with Crippen LogP contribution in [-0.2, 0) is 19.6 Å². The van der Waals surface area contributed by atoms with Crippen LogP contribution in [0.1, 0.15) is 25.7 Å². The number of esters is 1. The molecule has 0 saturated heterocycles. The molecule has 3 aromatic rings. The minimum atomic E-state index is -4.15. The normalized spacial score (nSPS) is 18.9. The number of benzene rings is 1. The van der Waals surface area contributed by atoms with Crippen molar-refractivity contribution in [3.05, 3.63) is 58.9 Å². The summed E-state index contributed by atoms with van der Waals surface area (Å²) in [7, 11) is -2.83. The number of sulfonamides is 1. The lowest BCUT2D eigenvalue weighted by Crippen LogP contribution is -2.43. The van der Waals surface area contributed by atoms with Crippen LogP contribution in [0.4, 0.5) is 11.4 Å². The van der Waals surface area contributed by atoms with Crippen molar-refractivity contribution in [1.82, 2.24) is 9.97 Å². The number of aromatic amines is 1. The second kappa shape index (κ2) is 8.58. The summed E-state index contributed by atoms with van der Waals surface area (Å²) in [4.78, 5) is 30.2. The van der Waals surface area contributed by atoms with E-state index in [0.717, 1.165) is 10.5 Å². The Morgan fingerprint density at radius 3 is 2.50 bits per heavy atom. The molecule has 2 heterocycles. The third kappa shape index (κ3) is 3.79. The number of hydrogen-bond acceptors (Lipinski definition) is 7. The second-order valence-corrected chi connectivity index (χ2v) is 9.45. The first-order valence-corrected chi connectivity index (χ1v) is 11.6. The topological polar surface area (TPSA) is 135 Å². The van der Waals surface area contributed by atoms with E-state index in [-0.39, 0.29) is 22.5 Å². The molecule has 1 aromatic carbocycles. The lowest BCUT2D eigenvalue weighted by molar-refractivity contribution is -0.384. The highest BCUT2D eigenvalue weighted by Gasteiger charge is 2.40. The predicted octanol–water partition coefficient (Wildman–Crippen LogP) is 3.40. The Hall–Kier alpha value is -3.47. The molecule has 0 amide bonds. The van der Waals surface area contributed by atoms with E-state index in [1.165, 1.54) is 19.2 Å². The number of nitrogens with one attached hydrogen (secondary N) is 1. The summed E-state index contributed by atoms with van der Waals surface area (Å²) < 4.78 is 33.6. The van der Waals surface area contributed by atoms with Gasteiger partial charge in [-0.2, -0.15) is 0 Å². The summed E-state index contributed by atoms with van der Waals surface area (Å²) in [5.74, 6) is -0.652. The minimum absolute atomic E-state index is 0.0216. The zero-order chi connectivity index (χ0) is 22.9. The SMILES string of the molecule is COC(=O)C1CCC(N(c2c([N+](=O)[O-])cnc3[nH]ccc23)S(=O)(=O)c2ccccc2)CC1. The molecule has 0 bridgehead atoms. The van der Waals surface area contributed by atoms with Gasteiger partial charge in [0, 0.05) is 12.2 Å². The van der Waals surface area contributed by atoms with Gasteiger partial charge in [0.1, 0.15) is 17.5 Å². The number of ether oxygens (including phenoxy) is 1. The summed E-state index contributed by atoms with van der Waals surface area (Å²) in [5, 5.41) is 12.2. The number of pyridine rings is 1. The number of rotatable bonds is 6. The number of carbonyl (C=O) groups excluding carboxylic acids is 1. The Bertz CT molecular complexity index is 1250. The molecule has 1 fully saturated rings. The van der Waals surface area contributed by atoms with Crippen LogP contribution in [0.2, 0.25) is 0 Å². The lowest BCUT2D eigenvalue weighted by Gasteiger charge is -2.36. The number of carbonyl (C=O) groups is 1. The summed E-state index contributed by atoms with van der Waals surface area (Å²) in [5.41, 5.74) is -0.0690. The fourth-order valence-corrected chi connectivity index (χ4v) is 6.03. The highest BCUT2D eigenvalue weighted by Crippen LogP contribution is 2.42. The summed E-state index contributed by atoms with van der Waals surface area (Å²) in [6.45, 7) is 0. The van der Waals surface area contributed by atoms with E-state index in [2.05, 4.69) is 9.97 Å². The molecule has 0 radical (unpaired) electrons. The van der Waals surface area contributed by atoms with E-state index in [1.807, 2.05) is 0 Å². The average Bonchev–Trinajstić information content (AvgIpc) is 3.29. The molecule has 0 spiro atoms. The quantitative estimate of drug-likeness (QED) is 0.340. The molecule has 1 saturated carbocycles. The van der Waals surface area contributed by atoms with Gasteiger partial charge in [0.2, 0.25) is 0 Å². The minimum Gasteiger partial charge on any atom is -0.469 e. The van der Waals surface area contributed by atoms with Gasteiger partial charge in [-0.25, -0.2) is 13.4 Å². The number of nitro groups is 1. The van der Waals surface area contributed by atoms with Crippen LogP contribution in [0.3, 0.4) is 0 Å². The van der Waals surface area contributed by atoms with Crippen LogP contribution in [0.5, 0.6) is 0 Å². The Kier molecular flexibility index (Phi) is 5.83. The van der Waals surface area contributed by atoms with Crippen molar-refractivity contribution in [3.63, 3.8) is 0 Å². The molecule has 4 rings (SSSR count). The number of hydrogen-bond donors (Lipinski definition) is 1. The number of nitrogens with zero attached hydrogens (tertiary/aromatic N) is 3. The van der Waals surface area contributed by atoms with Crippen LogP contribution in [0, 0.1) is 16.0 Å². The van der Waals surface area contributed by atoms with Gasteiger partial charge in [0.25, 0.3) is 10.0 Å². The molecular formula is C21H22N4O6S. The molecule has 1 N–H and O–H groups in total. The Morgan fingerprint density at radius 2 is 1.88 bits per heavy atom. The molecule has 32 heavy (non-hydrogen) atoms. The molecule has 0 atom stereocenters. The van der Waals surface area contributed by atoms with Crippen molar-refractivity contribution < 1.29 is 22.9 Å². The number of aromatic nitrogens is 2. The van der Waals surface area contributed by atoms with E-state index < -0.39 is 26.7 Å². The van der Waals surface area contributed by atoms with E-state index in [4.69, 9.17) is 4.74 Å². The third-order valence-electron chi connectivity index (χ3n) is 5.82. The molecule has 1 aliphatic rings. The first-order valence-electron chi connectivity index (χ1n) is 10.1. The Morgan fingerprint density at radius 1 is 1.19 bits per heavy atom. The van der Waals surface area contributed by atoms with E-state index >= 15 is 0 Å². The van der Waals surface area contributed by atoms with Crippen LogP contribution >= 0.6 is 0 Å². The van der Waals surface area contributed by atoms with Gasteiger partial charge in [-0.1, -0.05) is 18.2 Å². The van der Waals surface area contributed by atoms with Gasteiger partial charge in [-0.05, 0) is 43.9 Å². The molecule has 11 heteroatoms. The first-order chi connectivity index (χ1) is 15.3. The van der Waals surface area contributed by atoms with Crippen molar-refractivity contribution in [2.45, 2.75) is 36.6 Å². The maximum Gasteiger partial charge on any atom is 0.312 e. The molecule has 0 unspecified atom stereocenters. The van der Waals surface area contributed by atoms with Gasteiger partial charge >= 0.3 is 11.7 Å². The van der Waals surface area contributed by atoms with Gasteiger partial charge < -0.3 is 9.72 Å². The summed E-state index contributed by atoms with van der Waals surface area (Å²) >= 11 is 0. The van der Waals surface area contributed by atoms with Gasteiger partial charge in [-0.3, -0.25) is 19.2 Å². The Balaban J connectivity index is 1.88. The number of fused-ring (bicyclic) bond motifs is 1. The maximum absolute atomic E-state index is 13.8. The fraction of sp³-hybridized carbons (Fsp3) is 0.333. The zero-order valence-corrected chi connectivity index (χ0v) is 18.1. The molecule has 0 aliphatic heterocycles. The van der Waals surface area contributed by atoms with Crippen LogP contribution in [0.25, 0.3) is 11.0 Å². The van der Waals surface area contributed by atoms with Crippen molar-refractivity contribution in [2.75, 3.05) is 11.4 Å². The molecule has 10 nitrogen and oxygen atoms in total. The van der Waals surface area contributed by atoms with E-state index in [0.29, 0.717) is 36.7 Å². The number of methoxy groups -OCH3 is 1. The predicted molar refractivity (Wildman–Crippen MR) is 117 cm³/mol. The van der Waals surface area contributed by atoms with Crippen LogP contribution < -0.4 is 4.31 Å². The van der Waals surface area contributed by atoms with Crippen molar-refractivity contribution in [2.24, 2.45) is 5.92 Å². The van der Waals surface area contributed by atoms with E-state index in [9.17, 15) is 23.3 Å². The average molecular weight is 458 g/mol. The second-order valence-electron chi connectivity index (χ2n) is 7.63. The van der Waals surface area contributed by atoms with Crippen molar-refractivity contribution in [3.8, 4) is 0 Å². The largest absolute Gasteiger partial charge is 0.469 e. The lowest BCUT2D eigenvalue weighted by atomic mass is 9.86. The van der Waals surface area contributed by atoms with Gasteiger partial charge in [0.15, 0.2) is 0 Å². The highest BCUT2D eigenvalue weighted by atomic mass is 32.2. The monoisotopic (exact) mass is 458 g/mol. The molecule has 168 valence electrons. The smallest absolute Gasteiger partial charge is 0.312 e. The van der Waals surface area contributed by atoms with Crippen LogP contribution in [0.15, 0.2) is 53.7 Å². The zero-order valence-electron chi connectivity index (χ0n) is 17.3. The van der Waals surface area contributed by atoms with E-state index in [1.54, 1.807) is 30.5 Å². The first kappa shape index (κ1) is 21.8. The summed E-state index contributed by atoms with van der Waals surface area (Å²) in [6, 6.07) is 8.84. The van der Waals surface area contributed by atoms with Crippen LogP contribution in [-0.4, -0.2) is 42.4 Å². The highest BCUT2D eigenvalue weighted by molar-refractivity contribution is 7.93. The van der Waals surface area contributed by atoms with Crippen molar-refractivity contribution >= 4 is 38.4 Å². The molecular weight excluding hydrogens is 436 g/mol. The molecule has 1 aliphatic carbocycles. The fourth-order valence-electron chi connectivity index (χ4n) is 4.27. The molecule has 2 aromatic heterocycles.